The van der Waals surface area contributed by atoms with E-state index in [1.807, 2.05) is 23.7 Å². The van der Waals surface area contributed by atoms with E-state index in [0.717, 1.165) is 10.9 Å². The van der Waals surface area contributed by atoms with Gasteiger partial charge in [0.15, 0.2) is 16.5 Å². The molecule has 0 bridgehead atoms. The van der Waals surface area contributed by atoms with Crippen LogP contribution in [0.2, 0.25) is 5.15 Å². The summed E-state index contributed by atoms with van der Waals surface area (Å²) in [5.74, 6) is 0.213. The maximum Gasteiger partial charge on any atom is 0.414 e. The third kappa shape index (κ3) is 5.59. The topological polar surface area (TPSA) is 142 Å². The number of aryl methyl sites for hydroxylation is 1. The number of aromatic nitrogens is 5. The fourth-order valence-corrected chi connectivity index (χ4v) is 4.09. The van der Waals surface area contributed by atoms with Gasteiger partial charge in [0.2, 0.25) is 0 Å². The van der Waals surface area contributed by atoms with Crippen molar-refractivity contribution >= 4 is 51.5 Å². The van der Waals surface area contributed by atoms with Crippen molar-refractivity contribution in [2.24, 2.45) is 0 Å². The van der Waals surface area contributed by atoms with Crippen LogP contribution in [0.3, 0.4) is 0 Å². The molecular formula is C25H31ClN8O4. The molecule has 0 aliphatic heterocycles. The van der Waals surface area contributed by atoms with Crippen LogP contribution in [0.5, 0.6) is 5.75 Å². The molecule has 3 heterocycles. The van der Waals surface area contributed by atoms with E-state index in [9.17, 15) is 9.59 Å². The highest BCUT2D eigenvalue weighted by Crippen LogP contribution is 2.28. The van der Waals surface area contributed by atoms with Gasteiger partial charge in [-0.05, 0) is 46.2 Å². The fourth-order valence-electron chi connectivity index (χ4n) is 3.92. The Balaban J connectivity index is 1.48. The Morgan fingerprint density at radius 1 is 1.24 bits per heavy atom. The molecule has 1 aromatic carbocycles. The molecule has 0 saturated heterocycles. The van der Waals surface area contributed by atoms with Crippen LogP contribution in [0.15, 0.2) is 30.6 Å². The molecule has 38 heavy (non-hydrogen) atoms. The molecule has 1 unspecified atom stereocenters. The van der Waals surface area contributed by atoms with E-state index in [4.69, 9.17) is 26.8 Å². The first kappa shape index (κ1) is 27.0. The van der Waals surface area contributed by atoms with Crippen molar-refractivity contribution in [3.8, 4) is 5.75 Å². The number of hydrogen-bond acceptors (Lipinski definition) is 8. The minimum Gasteiger partial charge on any atom is -0.495 e. The first-order valence-electron chi connectivity index (χ1n) is 12.0. The summed E-state index contributed by atoms with van der Waals surface area (Å²) < 4.78 is 13.9. The summed E-state index contributed by atoms with van der Waals surface area (Å²) >= 11 is 6.23. The van der Waals surface area contributed by atoms with E-state index in [-0.39, 0.29) is 28.4 Å². The zero-order valence-electron chi connectivity index (χ0n) is 22.1. The molecule has 3 aromatic heterocycles. The molecule has 0 aliphatic rings. The van der Waals surface area contributed by atoms with Gasteiger partial charge in [-0.1, -0.05) is 11.6 Å². The van der Waals surface area contributed by atoms with Crippen LogP contribution in [0.25, 0.3) is 16.6 Å². The van der Waals surface area contributed by atoms with Gasteiger partial charge >= 0.3 is 6.09 Å². The summed E-state index contributed by atoms with van der Waals surface area (Å²) in [5, 5.41) is 12.6. The quantitative estimate of drug-likeness (QED) is 0.335. The number of nitrogen functional groups attached to an aromatic ring is 1. The van der Waals surface area contributed by atoms with E-state index in [0.29, 0.717) is 30.1 Å². The summed E-state index contributed by atoms with van der Waals surface area (Å²) in [6, 6.07) is 4.96. The van der Waals surface area contributed by atoms with Gasteiger partial charge in [0.05, 0.1) is 36.4 Å². The zero-order chi connectivity index (χ0) is 27.8. The number of nitrogens with one attached hydrogen (secondary N) is 1. The summed E-state index contributed by atoms with van der Waals surface area (Å²) in [7, 11) is 3.11. The lowest BCUT2D eigenvalue weighted by Crippen LogP contribution is -2.35. The third-order valence-corrected chi connectivity index (χ3v) is 6.01. The van der Waals surface area contributed by atoms with E-state index in [1.54, 1.807) is 41.1 Å². The first-order valence-corrected chi connectivity index (χ1v) is 12.4. The molecule has 4 aromatic rings. The van der Waals surface area contributed by atoms with Crippen LogP contribution in [-0.2, 0) is 11.3 Å². The number of hydrogen-bond donors (Lipinski definition) is 2. The summed E-state index contributed by atoms with van der Waals surface area (Å²) in [6.45, 7) is 7.77. The van der Waals surface area contributed by atoms with Gasteiger partial charge in [-0.25, -0.2) is 14.3 Å². The van der Waals surface area contributed by atoms with Crippen molar-refractivity contribution in [2.75, 3.05) is 24.8 Å². The molecule has 202 valence electrons. The molecule has 12 nitrogen and oxygen atoms in total. The van der Waals surface area contributed by atoms with Crippen LogP contribution in [0.4, 0.5) is 16.2 Å². The zero-order valence-corrected chi connectivity index (χ0v) is 22.9. The standard InChI is InChI=1S/C25H31ClN8O4/c1-14(7-8-33-17-10-16(27)20(37-6)9-15(17)12-29-33)30-23(35)19-13-28-22-18(11-21(26)31-34(19)22)32(5)24(36)38-25(2,3)4/h9-14H,7-8,27H2,1-6H3,(H,30,35). The maximum atomic E-state index is 13.1. The van der Waals surface area contributed by atoms with Crippen molar-refractivity contribution in [3.63, 3.8) is 0 Å². The second-order valence-electron chi connectivity index (χ2n) is 9.95. The number of rotatable bonds is 7. The predicted octanol–water partition coefficient (Wildman–Crippen LogP) is 3.90. The number of halogens is 1. The minimum absolute atomic E-state index is 0.0875. The lowest BCUT2D eigenvalue weighted by molar-refractivity contribution is 0.0589. The van der Waals surface area contributed by atoms with Crippen LogP contribution in [-0.4, -0.2) is 62.2 Å². The maximum absolute atomic E-state index is 13.1. The third-order valence-electron chi connectivity index (χ3n) is 5.82. The highest BCUT2D eigenvalue weighted by atomic mass is 35.5. The molecule has 3 N–H and O–H groups in total. The number of ether oxygens (including phenoxy) is 2. The molecule has 0 spiro atoms. The lowest BCUT2D eigenvalue weighted by Gasteiger charge is -2.24. The van der Waals surface area contributed by atoms with E-state index >= 15 is 0 Å². The molecule has 4 rings (SSSR count). The van der Waals surface area contributed by atoms with Crippen molar-refractivity contribution in [1.82, 2.24) is 29.7 Å². The largest absolute Gasteiger partial charge is 0.495 e. The van der Waals surface area contributed by atoms with Crippen molar-refractivity contribution in [1.29, 1.82) is 0 Å². The number of anilines is 2. The molecule has 0 saturated carbocycles. The highest BCUT2D eigenvalue weighted by Gasteiger charge is 2.25. The first-order chi connectivity index (χ1) is 17.9. The van der Waals surface area contributed by atoms with E-state index < -0.39 is 11.7 Å². The normalized spacial score (nSPS) is 12.5. The summed E-state index contributed by atoms with van der Waals surface area (Å²) in [5.41, 5.74) is 7.60. The monoisotopic (exact) mass is 542 g/mol. The van der Waals surface area contributed by atoms with Gasteiger partial charge in [0, 0.05) is 31.1 Å². The number of benzene rings is 1. The van der Waals surface area contributed by atoms with Gasteiger partial charge in [-0.2, -0.15) is 10.2 Å². The lowest BCUT2D eigenvalue weighted by atomic mass is 10.2. The van der Waals surface area contributed by atoms with Crippen LogP contribution >= 0.6 is 11.6 Å². The van der Waals surface area contributed by atoms with Crippen LogP contribution < -0.4 is 20.7 Å². The number of fused-ring (bicyclic) bond motifs is 2. The Kier molecular flexibility index (Phi) is 7.36. The van der Waals surface area contributed by atoms with Crippen LogP contribution in [0, 0.1) is 0 Å². The number of methoxy groups -OCH3 is 1. The molecule has 2 amide bonds. The van der Waals surface area contributed by atoms with Crippen molar-refractivity contribution < 1.29 is 19.1 Å². The van der Waals surface area contributed by atoms with Crippen LogP contribution in [0.1, 0.15) is 44.6 Å². The number of imidazole rings is 1. The molecule has 1 atom stereocenters. The number of carbonyl (C=O) groups is 2. The van der Waals surface area contributed by atoms with Gasteiger partial charge in [0.1, 0.15) is 11.4 Å². The predicted molar refractivity (Wildman–Crippen MR) is 145 cm³/mol. The minimum atomic E-state index is -0.684. The average Bonchev–Trinajstić information content (AvgIpc) is 3.43. The number of nitrogens with zero attached hydrogens (tertiary/aromatic N) is 6. The molecule has 0 radical (unpaired) electrons. The SMILES string of the molecule is COc1cc2cnn(CCC(C)NC(=O)c3cnc4c(N(C)C(=O)OC(C)(C)C)cc(Cl)nn34)c2cc1N. The second-order valence-corrected chi connectivity index (χ2v) is 10.3. The Bertz CT molecular complexity index is 1510. The fraction of sp³-hybridized carbons (Fsp3) is 0.400. The summed E-state index contributed by atoms with van der Waals surface area (Å²) in [6.07, 6.45) is 3.16. The average molecular weight is 543 g/mol. The van der Waals surface area contributed by atoms with Gasteiger partial charge in [-0.15, -0.1) is 0 Å². The molecule has 0 aliphatic carbocycles. The van der Waals surface area contributed by atoms with Gasteiger partial charge < -0.3 is 20.5 Å². The Labute approximate surface area is 224 Å². The molecular weight excluding hydrogens is 512 g/mol. The second kappa shape index (κ2) is 10.4. The Morgan fingerprint density at radius 3 is 2.66 bits per heavy atom. The summed E-state index contributed by atoms with van der Waals surface area (Å²) in [4.78, 5) is 31.3. The molecule has 0 fully saturated rings. The highest BCUT2D eigenvalue weighted by molar-refractivity contribution is 6.29. The number of nitrogens with two attached hydrogens (primary N) is 1. The Morgan fingerprint density at radius 2 is 1.97 bits per heavy atom. The number of carbonyl (C=O) groups excluding carboxylic acids is 2. The van der Waals surface area contributed by atoms with Gasteiger partial charge in [0.25, 0.3) is 5.91 Å². The van der Waals surface area contributed by atoms with E-state index in [2.05, 4.69) is 20.5 Å². The van der Waals surface area contributed by atoms with Crippen molar-refractivity contribution in [3.05, 3.63) is 41.4 Å². The van der Waals surface area contributed by atoms with Crippen molar-refractivity contribution in [2.45, 2.75) is 52.3 Å². The van der Waals surface area contributed by atoms with Gasteiger partial charge in [-0.3, -0.25) is 14.4 Å². The molecule has 13 heteroatoms. The smallest absolute Gasteiger partial charge is 0.414 e. The number of amides is 2. The Hall–Kier alpha value is -4.06. The van der Waals surface area contributed by atoms with E-state index in [1.165, 1.54) is 21.7 Å².